The molecule has 2 heterocycles. The standard InChI is InChI=1S/C16H31N3O2.2ClH/c1-13(20)11-19-8-5-14(6-9-19)12-18(2)16(21)10-15-4-3-7-17-15;;/h13-15,17,20H,3-12H2,1-2H3;2*1H. The van der Waals surface area contributed by atoms with Crippen LogP contribution in [0.2, 0.25) is 0 Å². The van der Waals surface area contributed by atoms with Gasteiger partial charge in [0, 0.05) is 32.6 Å². The molecule has 2 N–H and O–H groups in total. The van der Waals surface area contributed by atoms with Crippen molar-refractivity contribution >= 4 is 30.7 Å². The summed E-state index contributed by atoms with van der Waals surface area (Å²) in [5.74, 6) is 0.890. The maximum absolute atomic E-state index is 12.2. The van der Waals surface area contributed by atoms with Crippen LogP contribution < -0.4 is 5.32 Å². The maximum Gasteiger partial charge on any atom is 0.223 e. The van der Waals surface area contributed by atoms with Gasteiger partial charge in [0.2, 0.25) is 5.91 Å². The Balaban J connectivity index is 0.00000242. The average molecular weight is 370 g/mol. The van der Waals surface area contributed by atoms with E-state index >= 15 is 0 Å². The summed E-state index contributed by atoms with van der Waals surface area (Å²) in [4.78, 5) is 16.5. The normalized spacial score (nSPS) is 23.7. The van der Waals surface area contributed by atoms with Crippen molar-refractivity contribution in [2.75, 3.05) is 39.8 Å². The molecule has 2 rings (SSSR count). The molecular formula is C16H33Cl2N3O2. The minimum Gasteiger partial charge on any atom is -0.392 e. The number of aliphatic hydroxyl groups excluding tert-OH is 1. The molecule has 0 saturated carbocycles. The Hall–Kier alpha value is -0.0700. The molecule has 0 aromatic rings. The molecule has 23 heavy (non-hydrogen) atoms. The Morgan fingerprint density at radius 3 is 2.48 bits per heavy atom. The Labute approximate surface area is 153 Å². The minimum atomic E-state index is -0.246. The van der Waals surface area contributed by atoms with Crippen molar-refractivity contribution in [2.24, 2.45) is 5.92 Å². The Kier molecular flexibility index (Phi) is 11.4. The minimum absolute atomic E-state index is 0. The molecule has 2 atom stereocenters. The van der Waals surface area contributed by atoms with E-state index in [-0.39, 0.29) is 36.8 Å². The molecule has 5 nitrogen and oxygen atoms in total. The molecule has 0 aliphatic carbocycles. The second-order valence-electron chi connectivity index (χ2n) is 6.86. The summed E-state index contributed by atoms with van der Waals surface area (Å²) in [7, 11) is 1.94. The number of aliphatic hydroxyl groups is 1. The summed E-state index contributed by atoms with van der Waals surface area (Å²) in [6, 6.07) is 0.396. The van der Waals surface area contributed by atoms with Crippen LogP contribution in [-0.2, 0) is 4.79 Å². The molecule has 2 fully saturated rings. The summed E-state index contributed by atoms with van der Waals surface area (Å²) in [5, 5.41) is 12.8. The van der Waals surface area contributed by atoms with Gasteiger partial charge in [-0.25, -0.2) is 0 Å². The first-order valence-electron chi connectivity index (χ1n) is 8.42. The Morgan fingerprint density at radius 2 is 1.96 bits per heavy atom. The molecule has 0 aromatic heterocycles. The van der Waals surface area contributed by atoms with Crippen LogP contribution >= 0.6 is 24.8 Å². The average Bonchev–Trinajstić information content (AvgIpc) is 2.93. The van der Waals surface area contributed by atoms with Crippen LogP contribution in [0.25, 0.3) is 0 Å². The van der Waals surface area contributed by atoms with Crippen molar-refractivity contribution in [1.29, 1.82) is 0 Å². The van der Waals surface area contributed by atoms with Gasteiger partial charge in [0.05, 0.1) is 6.10 Å². The monoisotopic (exact) mass is 369 g/mol. The quantitative estimate of drug-likeness (QED) is 0.745. The lowest BCUT2D eigenvalue weighted by Gasteiger charge is -2.34. The molecule has 138 valence electrons. The first-order chi connectivity index (χ1) is 10.0. The number of hydrogen-bond donors (Lipinski definition) is 2. The van der Waals surface area contributed by atoms with E-state index < -0.39 is 0 Å². The van der Waals surface area contributed by atoms with Crippen molar-refractivity contribution in [2.45, 2.75) is 51.2 Å². The summed E-state index contributed by atoms with van der Waals surface area (Å²) >= 11 is 0. The number of hydrogen-bond acceptors (Lipinski definition) is 4. The van der Waals surface area contributed by atoms with Gasteiger partial charge in [0.25, 0.3) is 0 Å². The highest BCUT2D eigenvalue weighted by molar-refractivity contribution is 5.85. The second kappa shape index (κ2) is 11.5. The van der Waals surface area contributed by atoms with E-state index in [1.54, 1.807) is 0 Å². The molecule has 2 aliphatic heterocycles. The summed E-state index contributed by atoms with van der Waals surface area (Å²) in [6.45, 7) is 6.64. The number of nitrogens with zero attached hydrogens (tertiary/aromatic N) is 2. The van der Waals surface area contributed by atoms with E-state index in [9.17, 15) is 9.90 Å². The zero-order valence-corrected chi connectivity index (χ0v) is 16.0. The number of halogens is 2. The fourth-order valence-electron chi connectivity index (χ4n) is 3.51. The number of rotatable bonds is 6. The molecule has 2 saturated heterocycles. The SMILES string of the molecule is CC(O)CN1CCC(CN(C)C(=O)CC2CCCN2)CC1.Cl.Cl. The summed E-state index contributed by atoms with van der Waals surface area (Å²) < 4.78 is 0. The van der Waals surface area contributed by atoms with E-state index in [0.29, 0.717) is 18.4 Å². The zero-order valence-electron chi connectivity index (χ0n) is 14.4. The van der Waals surface area contributed by atoms with Crippen LogP contribution in [0.4, 0.5) is 0 Å². The largest absolute Gasteiger partial charge is 0.392 e. The molecular weight excluding hydrogens is 337 g/mol. The number of likely N-dealkylation sites (tertiary alicyclic amines) is 1. The Morgan fingerprint density at radius 1 is 1.30 bits per heavy atom. The number of piperidine rings is 1. The second-order valence-corrected chi connectivity index (χ2v) is 6.86. The highest BCUT2D eigenvalue weighted by Gasteiger charge is 2.24. The van der Waals surface area contributed by atoms with Gasteiger partial charge in [-0.2, -0.15) is 0 Å². The number of nitrogens with one attached hydrogen (secondary N) is 1. The predicted octanol–water partition coefficient (Wildman–Crippen LogP) is 1.52. The lowest BCUT2D eigenvalue weighted by Crippen LogP contribution is -2.42. The van der Waals surface area contributed by atoms with E-state index in [1.807, 2.05) is 18.9 Å². The van der Waals surface area contributed by atoms with E-state index in [0.717, 1.165) is 52.0 Å². The van der Waals surface area contributed by atoms with E-state index in [4.69, 9.17) is 0 Å². The number of amides is 1. The van der Waals surface area contributed by atoms with Crippen molar-refractivity contribution in [3.8, 4) is 0 Å². The van der Waals surface area contributed by atoms with Crippen LogP contribution in [0.1, 0.15) is 39.0 Å². The fraction of sp³-hybridized carbons (Fsp3) is 0.938. The first kappa shape index (κ1) is 22.9. The van der Waals surface area contributed by atoms with Crippen molar-refractivity contribution < 1.29 is 9.90 Å². The Bertz CT molecular complexity index is 331. The molecule has 0 radical (unpaired) electrons. The molecule has 0 spiro atoms. The van der Waals surface area contributed by atoms with Gasteiger partial charge in [0.1, 0.15) is 0 Å². The topological polar surface area (TPSA) is 55.8 Å². The smallest absolute Gasteiger partial charge is 0.223 e. The molecule has 7 heteroatoms. The zero-order chi connectivity index (χ0) is 15.2. The third-order valence-electron chi connectivity index (χ3n) is 4.77. The maximum atomic E-state index is 12.2. The number of carbonyl (C=O) groups is 1. The van der Waals surface area contributed by atoms with Gasteiger partial charge in [-0.15, -0.1) is 24.8 Å². The van der Waals surface area contributed by atoms with Gasteiger partial charge in [-0.05, 0) is 58.2 Å². The van der Waals surface area contributed by atoms with Crippen molar-refractivity contribution in [3.05, 3.63) is 0 Å². The lowest BCUT2D eigenvalue weighted by atomic mass is 9.96. The first-order valence-corrected chi connectivity index (χ1v) is 8.42. The van der Waals surface area contributed by atoms with Crippen LogP contribution in [0, 0.1) is 5.92 Å². The van der Waals surface area contributed by atoms with Crippen LogP contribution in [-0.4, -0.2) is 72.7 Å². The van der Waals surface area contributed by atoms with Gasteiger partial charge in [-0.1, -0.05) is 0 Å². The van der Waals surface area contributed by atoms with Crippen LogP contribution in [0.15, 0.2) is 0 Å². The highest BCUT2D eigenvalue weighted by Crippen LogP contribution is 2.19. The molecule has 0 aromatic carbocycles. The summed E-state index contributed by atoms with van der Waals surface area (Å²) in [5.41, 5.74) is 0. The fourth-order valence-corrected chi connectivity index (χ4v) is 3.51. The molecule has 2 aliphatic rings. The van der Waals surface area contributed by atoms with E-state index in [1.165, 1.54) is 6.42 Å². The number of β-amino-alcohol motifs (C(OH)–C–C–N with tert-alkyl or cyclic N) is 1. The highest BCUT2D eigenvalue weighted by atomic mass is 35.5. The van der Waals surface area contributed by atoms with Crippen LogP contribution in [0.5, 0.6) is 0 Å². The van der Waals surface area contributed by atoms with Crippen molar-refractivity contribution in [3.63, 3.8) is 0 Å². The number of carbonyl (C=O) groups excluding carboxylic acids is 1. The molecule has 1 amide bonds. The van der Waals surface area contributed by atoms with Crippen LogP contribution in [0.3, 0.4) is 0 Å². The predicted molar refractivity (Wildman–Crippen MR) is 98.6 cm³/mol. The third-order valence-corrected chi connectivity index (χ3v) is 4.77. The van der Waals surface area contributed by atoms with Crippen molar-refractivity contribution in [1.82, 2.24) is 15.1 Å². The third kappa shape index (κ3) is 8.03. The molecule has 2 unspecified atom stereocenters. The summed E-state index contributed by atoms with van der Waals surface area (Å²) in [6.07, 6.45) is 5.00. The molecule has 0 bridgehead atoms. The van der Waals surface area contributed by atoms with Gasteiger partial charge in [0.15, 0.2) is 0 Å². The van der Waals surface area contributed by atoms with Gasteiger partial charge < -0.3 is 20.2 Å². The van der Waals surface area contributed by atoms with Gasteiger partial charge >= 0.3 is 0 Å². The van der Waals surface area contributed by atoms with Gasteiger partial charge in [-0.3, -0.25) is 4.79 Å². The lowest BCUT2D eigenvalue weighted by molar-refractivity contribution is -0.131. The van der Waals surface area contributed by atoms with E-state index in [2.05, 4.69) is 10.2 Å².